The van der Waals surface area contributed by atoms with Crippen molar-refractivity contribution in [2.24, 2.45) is 0 Å². The number of pyridine rings is 1. The van der Waals surface area contributed by atoms with Crippen LogP contribution in [0.2, 0.25) is 0 Å². The van der Waals surface area contributed by atoms with Crippen LogP contribution in [0, 0.1) is 11.3 Å². The summed E-state index contributed by atoms with van der Waals surface area (Å²) in [5, 5.41) is 19.5. The average molecular weight is 405 g/mol. The SMILES string of the molecule is N#CCOc1ccc2[nH]cc(C(C(=O)O)N3CCN(Cc4cccnc4)CC3)c2c1. The minimum Gasteiger partial charge on any atom is -0.480 e. The number of fused-ring (bicyclic) bond motifs is 1. The van der Waals surface area contributed by atoms with Crippen LogP contribution in [0.1, 0.15) is 17.2 Å². The summed E-state index contributed by atoms with van der Waals surface area (Å²) in [6.07, 6.45) is 5.39. The average Bonchev–Trinajstić information content (AvgIpc) is 3.17. The zero-order valence-electron chi connectivity index (χ0n) is 16.5. The Morgan fingerprint density at radius 2 is 2.13 bits per heavy atom. The smallest absolute Gasteiger partial charge is 0.325 e. The van der Waals surface area contributed by atoms with Gasteiger partial charge in [-0.25, -0.2) is 0 Å². The van der Waals surface area contributed by atoms with Crippen molar-refractivity contribution >= 4 is 16.9 Å². The fraction of sp³-hybridized carbons (Fsp3) is 0.318. The molecule has 8 heteroatoms. The van der Waals surface area contributed by atoms with E-state index in [1.54, 1.807) is 24.5 Å². The lowest BCUT2D eigenvalue weighted by Crippen LogP contribution is -2.48. The van der Waals surface area contributed by atoms with Crippen molar-refractivity contribution in [3.05, 3.63) is 60.0 Å². The van der Waals surface area contributed by atoms with E-state index in [4.69, 9.17) is 10.00 Å². The monoisotopic (exact) mass is 405 g/mol. The van der Waals surface area contributed by atoms with Gasteiger partial charge in [-0.1, -0.05) is 6.07 Å². The van der Waals surface area contributed by atoms with Crippen molar-refractivity contribution in [1.29, 1.82) is 5.26 Å². The molecule has 0 spiro atoms. The van der Waals surface area contributed by atoms with Gasteiger partial charge in [0.25, 0.3) is 0 Å². The number of carboxylic acid groups (broad SMARTS) is 1. The lowest BCUT2D eigenvalue weighted by molar-refractivity contribution is -0.144. The highest BCUT2D eigenvalue weighted by atomic mass is 16.5. The Balaban J connectivity index is 1.51. The molecule has 1 saturated heterocycles. The molecule has 1 aliphatic heterocycles. The summed E-state index contributed by atoms with van der Waals surface area (Å²) >= 11 is 0. The van der Waals surface area contributed by atoms with Crippen LogP contribution in [0.15, 0.2) is 48.9 Å². The third-order valence-electron chi connectivity index (χ3n) is 5.42. The van der Waals surface area contributed by atoms with Gasteiger partial charge in [-0.3, -0.25) is 19.6 Å². The van der Waals surface area contributed by atoms with Gasteiger partial charge < -0.3 is 14.8 Å². The lowest BCUT2D eigenvalue weighted by Gasteiger charge is -2.37. The van der Waals surface area contributed by atoms with Crippen LogP contribution in [-0.4, -0.2) is 63.6 Å². The quantitative estimate of drug-likeness (QED) is 0.622. The molecule has 30 heavy (non-hydrogen) atoms. The molecule has 0 amide bonds. The number of H-pyrrole nitrogens is 1. The number of carbonyl (C=O) groups is 1. The zero-order chi connectivity index (χ0) is 20.9. The predicted octanol–water partition coefficient (Wildman–Crippen LogP) is 2.41. The number of carboxylic acids is 1. The molecule has 1 unspecified atom stereocenters. The van der Waals surface area contributed by atoms with Crippen molar-refractivity contribution in [2.75, 3.05) is 32.8 Å². The van der Waals surface area contributed by atoms with Gasteiger partial charge in [0.2, 0.25) is 0 Å². The highest BCUT2D eigenvalue weighted by molar-refractivity contribution is 5.90. The van der Waals surface area contributed by atoms with Gasteiger partial charge in [-0.2, -0.15) is 5.26 Å². The molecule has 0 radical (unpaired) electrons. The molecule has 1 aliphatic rings. The second kappa shape index (κ2) is 8.95. The van der Waals surface area contributed by atoms with E-state index in [1.165, 1.54) is 0 Å². The first-order valence-corrected chi connectivity index (χ1v) is 9.84. The number of aromatic amines is 1. The first-order chi connectivity index (χ1) is 14.7. The number of hydrogen-bond donors (Lipinski definition) is 2. The van der Waals surface area contributed by atoms with Crippen LogP contribution in [-0.2, 0) is 11.3 Å². The summed E-state index contributed by atoms with van der Waals surface area (Å²) in [4.78, 5) is 23.9. The normalized spacial score (nSPS) is 16.2. The maximum absolute atomic E-state index is 12.2. The lowest BCUT2D eigenvalue weighted by atomic mass is 10.0. The van der Waals surface area contributed by atoms with Gasteiger partial charge in [-0.05, 0) is 29.8 Å². The molecule has 1 fully saturated rings. The number of aromatic nitrogens is 2. The van der Waals surface area contributed by atoms with E-state index < -0.39 is 12.0 Å². The minimum absolute atomic E-state index is 0.0491. The molecule has 1 aromatic carbocycles. The molecule has 0 saturated carbocycles. The molecule has 1 atom stereocenters. The second-order valence-corrected chi connectivity index (χ2v) is 7.31. The first-order valence-electron chi connectivity index (χ1n) is 9.84. The summed E-state index contributed by atoms with van der Waals surface area (Å²) in [6, 6.07) is 10.6. The fourth-order valence-electron chi connectivity index (χ4n) is 3.97. The summed E-state index contributed by atoms with van der Waals surface area (Å²) < 4.78 is 5.40. The summed E-state index contributed by atoms with van der Waals surface area (Å²) in [6.45, 7) is 3.66. The molecule has 154 valence electrons. The molecular weight excluding hydrogens is 382 g/mol. The highest BCUT2D eigenvalue weighted by Crippen LogP contribution is 2.32. The van der Waals surface area contributed by atoms with Gasteiger partial charge >= 0.3 is 5.97 Å². The van der Waals surface area contributed by atoms with Gasteiger partial charge in [0, 0.05) is 67.8 Å². The third kappa shape index (κ3) is 4.27. The number of nitrogens with one attached hydrogen (secondary N) is 1. The topological polar surface area (TPSA) is 105 Å². The largest absolute Gasteiger partial charge is 0.480 e. The molecule has 8 nitrogen and oxygen atoms in total. The number of piperazine rings is 1. The maximum Gasteiger partial charge on any atom is 0.325 e. The standard InChI is InChI=1S/C22H23N5O3/c23-5-11-30-17-3-4-20-18(12-17)19(14-25-20)21(22(28)29)27-9-7-26(8-10-27)15-16-2-1-6-24-13-16/h1-4,6,12-14,21,25H,7-11,15H2,(H,28,29). The Bertz CT molecular complexity index is 1050. The van der Waals surface area contributed by atoms with E-state index in [2.05, 4.69) is 20.9 Å². The Hall–Kier alpha value is -3.41. The number of nitrogens with zero attached hydrogens (tertiary/aromatic N) is 4. The number of benzene rings is 1. The van der Waals surface area contributed by atoms with E-state index in [9.17, 15) is 9.90 Å². The van der Waals surface area contributed by atoms with Crippen molar-refractivity contribution in [3.8, 4) is 11.8 Å². The van der Waals surface area contributed by atoms with Gasteiger partial charge in [0.15, 0.2) is 6.61 Å². The van der Waals surface area contributed by atoms with Crippen LogP contribution in [0.5, 0.6) is 5.75 Å². The third-order valence-corrected chi connectivity index (χ3v) is 5.42. The molecule has 4 rings (SSSR count). The first kappa shape index (κ1) is 19.9. The number of aliphatic carboxylic acids is 1. The molecule has 0 aliphatic carbocycles. The van der Waals surface area contributed by atoms with Crippen LogP contribution < -0.4 is 4.74 Å². The summed E-state index contributed by atoms with van der Waals surface area (Å²) in [5.41, 5.74) is 2.71. The molecular formula is C22H23N5O3. The molecule has 0 bridgehead atoms. The Morgan fingerprint density at radius 1 is 1.30 bits per heavy atom. The Kier molecular flexibility index (Phi) is 5.93. The number of hydrogen-bond acceptors (Lipinski definition) is 6. The summed E-state index contributed by atoms with van der Waals surface area (Å²) in [5.74, 6) is -0.324. The second-order valence-electron chi connectivity index (χ2n) is 7.31. The number of rotatable bonds is 7. The van der Waals surface area contributed by atoms with E-state index in [0.717, 1.165) is 36.1 Å². The van der Waals surface area contributed by atoms with Gasteiger partial charge in [0.05, 0.1) is 0 Å². The van der Waals surface area contributed by atoms with Crippen molar-refractivity contribution in [1.82, 2.24) is 19.8 Å². The number of nitriles is 1. The molecule has 2 aromatic heterocycles. The zero-order valence-corrected chi connectivity index (χ0v) is 16.5. The number of ether oxygens (including phenoxy) is 1. The Labute approximate surface area is 174 Å². The van der Waals surface area contributed by atoms with Crippen molar-refractivity contribution in [2.45, 2.75) is 12.6 Å². The van der Waals surface area contributed by atoms with Crippen LogP contribution in [0.4, 0.5) is 0 Å². The molecule has 3 aromatic rings. The van der Waals surface area contributed by atoms with E-state index in [0.29, 0.717) is 24.4 Å². The van der Waals surface area contributed by atoms with E-state index in [1.807, 2.05) is 29.3 Å². The van der Waals surface area contributed by atoms with Gasteiger partial charge in [-0.15, -0.1) is 0 Å². The minimum atomic E-state index is -0.875. The van der Waals surface area contributed by atoms with Crippen LogP contribution in [0.25, 0.3) is 10.9 Å². The van der Waals surface area contributed by atoms with Crippen LogP contribution >= 0.6 is 0 Å². The van der Waals surface area contributed by atoms with E-state index >= 15 is 0 Å². The van der Waals surface area contributed by atoms with Crippen molar-refractivity contribution in [3.63, 3.8) is 0 Å². The predicted molar refractivity (Wildman–Crippen MR) is 111 cm³/mol. The fourth-order valence-corrected chi connectivity index (χ4v) is 3.97. The van der Waals surface area contributed by atoms with Gasteiger partial charge in [0.1, 0.15) is 17.9 Å². The highest BCUT2D eigenvalue weighted by Gasteiger charge is 2.32. The Morgan fingerprint density at radius 3 is 2.83 bits per heavy atom. The maximum atomic E-state index is 12.2. The van der Waals surface area contributed by atoms with Crippen LogP contribution in [0.3, 0.4) is 0 Å². The van der Waals surface area contributed by atoms with Crippen molar-refractivity contribution < 1.29 is 14.6 Å². The molecule has 2 N–H and O–H groups in total. The van der Waals surface area contributed by atoms with E-state index in [-0.39, 0.29) is 6.61 Å². The summed E-state index contributed by atoms with van der Waals surface area (Å²) in [7, 11) is 0. The molecule has 3 heterocycles.